The number of nitrogens with zero attached hydrogens (tertiary/aromatic N) is 4. The molecule has 1 fully saturated rings. The number of rotatable bonds is 31. The number of cyclic esters (lactones) is 1. The van der Waals surface area contributed by atoms with Gasteiger partial charge in [0.25, 0.3) is 23.3 Å². The molecule has 94 heavy (non-hydrogen) atoms. The first kappa shape index (κ1) is 67.9. The molecule has 4 atom stereocenters. The highest BCUT2D eigenvalue weighted by Gasteiger charge is 2.47. The molecule has 3 aromatic carbocycles. The third-order valence-electron chi connectivity index (χ3n) is 18.6. The van der Waals surface area contributed by atoms with Crippen LogP contribution in [-0.4, -0.2) is 149 Å². The number of esters is 1. The quantitative estimate of drug-likeness (QED) is 0.0254. The third-order valence-corrected chi connectivity index (χ3v) is 18.6. The van der Waals surface area contributed by atoms with E-state index in [0.717, 1.165) is 24.0 Å². The molecule has 0 spiro atoms. The fraction of sp³-hybridized carbons (Fsp3) is 0.457. The number of halogens is 1. The summed E-state index contributed by atoms with van der Waals surface area (Å²) in [5.74, 6) is -5.70. The third kappa shape index (κ3) is 15.3. The Morgan fingerprint density at radius 3 is 2.22 bits per heavy atom. The Morgan fingerprint density at radius 1 is 0.798 bits per heavy atom. The molecule has 3 aliphatic heterocycles. The molecule has 24 heteroatoms. The number of carbonyl (C=O) groups excluding carboxylic acids is 10. The summed E-state index contributed by atoms with van der Waals surface area (Å²) in [7, 11) is 1.65. The molecule has 5 aromatic rings. The molecule has 5 aliphatic rings. The Bertz CT molecular complexity index is 3850. The number of amides is 6. The Kier molecular flexibility index (Phi) is 22.0. The highest BCUT2D eigenvalue weighted by Crippen LogP contribution is 2.48. The van der Waals surface area contributed by atoms with Gasteiger partial charge < -0.3 is 49.5 Å². The SMILES string of the molecule is CC[C@@]1(O)C(=O)OCc2c1cc1n(c2=O)Cc2c-1nc1cc(F)c(C)c3c1c2[C@@H](N(C)C(=O)C(OCCC(=O)CNC(=O)[C@@H](CC(=O)CNC(=O)CCC(=O)COCCOCCNC(=O)C1CCC(CN2C(=O)C=CC2=O)CC1)Cc1ccccc1)c1ccccc1)CC3. The van der Waals surface area contributed by atoms with Gasteiger partial charge in [-0.15, -0.1) is 0 Å². The second-order valence-corrected chi connectivity index (χ2v) is 24.7. The van der Waals surface area contributed by atoms with Crippen molar-refractivity contribution in [2.45, 2.75) is 122 Å². The first-order chi connectivity index (χ1) is 45.2. The largest absolute Gasteiger partial charge is 0.458 e. The molecule has 0 bridgehead atoms. The van der Waals surface area contributed by atoms with Gasteiger partial charge in [0, 0.05) is 92.4 Å². The van der Waals surface area contributed by atoms with Crippen molar-refractivity contribution in [2.75, 3.05) is 66.3 Å². The van der Waals surface area contributed by atoms with Gasteiger partial charge in [0.05, 0.1) is 74.6 Å². The summed E-state index contributed by atoms with van der Waals surface area (Å²) in [5, 5.41) is 20.3. The predicted octanol–water partition coefficient (Wildman–Crippen LogP) is 4.97. The maximum Gasteiger partial charge on any atom is 0.343 e. The molecule has 6 amide bonds. The van der Waals surface area contributed by atoms with Crippen LogP contribution in [0, 0.1) is 30.5 Å². The van der Waals surface area contributed by atoms with Gasteiger partial charge in [-0.05, 0) is 98.1 Å². The summed E-state index contributed by atoms with van der Waals surface area (Å²) in [4.78, 5) is 152. The second kappa shape index (κ2) is 30.4. The number of Topliss-reactive ketones (excluding diaryl/α,β-unsaturated/α-hetero) is 3. The zero-order chi connectivity index (χ0) is 66.8. The molecule has 496 valence electrons. The average Bonchev–Trinajstić information content (AvgIpc) is 1.47. The maximum atomic E-state index is 15.7. The van der Waals surface area contributed by atoms with Crippen molar-refractivity contribution in [2.24, 2.45) is 17.8 Å². The summed E-state index contributed by atoms with van der Waals surface area (Å²) >= 11 is 0. The van der Waals surface area contributed by atoms with Crippen LogP contribution in [0.4, 0.5) is 4.39 Å². The van der Waals surface area contributed by atoms with Crippen LogP contribution in [0.25, 0.3) is 22.3 Å². The van der Waals surface area contributed by atoms with Crippen molar-refractivity contribution in [1.29, 1.82) is 0 Å². The smallest absolute Gasteiger partial charge is 0.343 e. The minimum absolute atomic E-state index is 0.0405. The number of hydrogen-bond donors (Lipinski definition) is 4. The Labute approximate surface area is 542 Å². The number of ether oxygens (including phenoxy) is 4. The molecule has 10 rings (SSSR count). The lowest BCUT2D eigenvalue weighted by Crippen LogP contribution is -2.44. The fourth-order valence-corrected chi connectivity index (χ4v) is 13.3. The number of aromatic nitrogens is 2. The van der Waals surface area contributed by atoms with Crippen molar-refractivity contribution in [3.8, 4) is 11.4 Å². The number of ketones is 3. The number of imide groups is 1. The van der Waals surface area contributed by atoms with Gasteiger partial charge in [0.1, 0.15) is 19.0 Å². The number of benzene rings is 3. The van der Waals surface area contributed by atoms with Crippen LogP contribution in [0.2, 0.25) is 0 Å². The monoisotopic (exact) mass is 1290 g/mol. The van der Waals surface area contributed by atoms with Gasteiger partial charge in [-0.25, -0.2) is 14.2 Å². The van der Waals surface area contributed by atoms with E-state index in [9.17, 15) is 53.1 Å². The van der Waals surface area contributed by atoms with E-state index in [0.29, 0.717) is 76.8 Å². The lowest BCUT2D eigenvalue weighted by atomic mass is 9.81. The van der Waals surface area contributed by atoms with Gasteiger partial charge in [-0.1, -0.05) is 67.6 Å². The minimum Gasteiger partial charge on any atom is -0.458 e. The number of hydrogen-bond acceptors (Lipinski definition) is 17. The van der Waals surface area contributed by atoms with E-state index in [1.807, 2.05) is 6.07 Å². The number of aryl methyl sites for hydroxylation is 1. The van der Waals surface area contributed by atoms with E-state index < -0.39 is 83.4 Å². The van der Waals surface area contributed by atoms with Gasteiger partial charge in [0.2, 0.25) is 17.7 Å². The fourth-order valence-electron chi connectivity index (χ4n) is 13.3. The van der Waals surface area contributed by atoms with E-state index in [-0.39, 0.29) is 138 Å². The highest BCUT2D eigenvalue weighted by molar-refractivity contribution is 6.13. The topological polar surface area (TPSA) is 305 Å². The summed E-state index contributed by atoms with van der Waals surface area (Å²) in [6, 6.07) is 20.0. The Balaban J connectivity index is 0.675. The van der Waals surface area contributed by atoms with E-state index >= 15 is 9.18 Å². The van der Waals surface area contributed by atoms with Crippen molar-refractivity contribution in [1.82, 2.24) is 35.3 Å². The second-order valence-electron chi connectivity index (χ2n) is 24.7. The molecule has 2 aliphatic carbocycles. The molecular weight excluding hydrogens is 1210 g/mol. The van der Waals surface area contributed by atoms with E-state index in [1.165, 1.54) is 27.7 Å². The van der Waals surface area contributed by atoms with Gasteiger partial charge >= 0.3 is 5.97 Å². The van der Waals surface area contributed by atoms with Crippen LogP contribution in [0.15, 0.2) is 89.7 Å². The average molecular weight is 1290 g/mol. The lowest BCUT2D eigenvalue weighted by molar-refractivity contribution is -0.172. The van der Waals surface area contributed by atoms with Crippen LogP contribution in [0.1, 0.15) is 128 Å². The zero-order valence-electron chi connectivity index (χ0n) is 53.0. The first-order valence-electron chi connectivity index (χ1n) is 32.1. The minimum atomic E-state index is -2.07. The van der Waals surface area contributed by atoms with Crippen LogP contribution in [0.3, 0.4) is 0 Å². The summed E-state index contributed by atoms with van der Waals surface area (Å²) < 4.78 is 39.8. The number of likely N-dealkylation sites (N-methyl/N-ethyl adjacent to an activating group) is 1. The molecule has 23 nitrogen and oxygen atoms in total. The molecule has 5 heterocycles. The van der Waals surface area contributed by atoms with Gasteiger partial charge in [-0.3, -0.25) is 52.8 Å². The molecule has 1 unspecified atom stereocenters. The number of nitrogens with one attached hydrogen (secondary N) is 3. The van der Waals surface area contributed by atoms with Gasteiger partial charge in [0.15, 0.2) is 29.1 Å². The van der Waals surface area contributed by atoms with Crippen molar-refractivity contribution in [3.05, 3.63) is 146 Å². The van der Waals surface area contributed by atoms with Crippen molar-refractivity contribution in [3.63, 3.8) is 0 Å². The molecular formula is C70H78FN7O16. The van der Waals surface area contributed by atoms with Crippen LogP contribution >= 0.6 is 0 Å². The Morgan fingerprint density at radius 2 is 1.50 bits per heavy atom. The van der Waals surface area contributed by atoms with E-state index in [2.05, 4.69) is 16.0 Å². The standard InChI is InChI=1S/C70H78FN7O16/c1-4-70(90)53-33-57-63-51(38-77(57)67(87)52(53)40-94-69(70)89)62-56(21-20-50-41(2)54(71)34-55(75-63)61(50)62)76(3)68(88)64(44-13-9-6-10-14-44)93-27-25-47(79)35-74-66(86)46(31-42-11-7-5-8-12-42)32-49(81)36-73-58(82)22-19-48(80)39-92-30-29-91-28-26-72-65(85)45-17-15-43(16-18-45)37-78-59(83)23-24-60(78)84/h5-14,23-24,33-34,43,45-46,56,64,90H,4,15-22,25-32,35-40H2,1-3H3,(H,72,85)(H,73,82)(H,74,86)/t43?,45?,46-,56+,64?,70+/m1/s1. The maximum absolute atomic E-state index is 15.7. The molecule has 2 aromatic heterocycles. The van der Waals surface area contributed by atoms with Crippen LogP contribution < -0.4 is 21.5 Å². The van der Waals surface area contributed by atoms with Crippen LogP contribution in [0.5, 0.6) is 0 Å². The molecule has 0 saturated heterocycles. The molecule has 4 N–H and O–H groups in total. The van der Waals surface area contributed by atoms with E-state index in [1.54, 1.807) is 86.5 Å². The Hall–Kier alpha value is -8.97. The number of fused-ring (bicyclic) bond motifs is 5. The van der Waals surface area contributed by atoms with Crippen LogP contribution in [-0.2, 0) is 98.5 Å². The predicted molar refractivity (Wildman–Crippen MR) is 337 cm³/mol. The summed E-state index contributed by atoms with van der Waals surface area (Å²) in [6.07, 6.45) is 4.17. The summed E-state index contributed by atoms with van der Waals surface area (Å²) in [6.45, 7) is 2.88. The van der Waals surface area contributed by atoms with Crippen molar-refractivity contribution >= 4 is 69.7 Å². The van der Waals surface area contributed by atoms with E-state index in [4.69, 9.17) is 23.9 Å². The number of aliphatic hydroxyl groups is 1. The first-order valence-corrected chi connectivity index (χ1v) is 32.1. The molecule has 1 saturated carbocycles. The zero-order valence-corrected chi connectivity index (χ0v) is 53.0. The summed E-state index contributed by atoms with van der Waals surface area (Å²) in [5.41, 5.74) is 2.47. The number of carbonyl (C=O) groups is 10. The normalized spacial score (nSPS) is 19.2. The number of pyridine rings is 2. The van der Waals surface area contributed by atoms with Gasteiger partial charge in [-0.2, -0.15) is 0 Å². The highest BCUT2D eigenvalue weighted by atomic mass is 19.1. The lowest BCUT2D eigenvalue weighted by Gasteiger charge is -2.36. The molecule has 0 radical (unpaired) electrons. The van der Waals surface area contributed by atoms with Crippen molar-refractivity contribution < 1.29 is 76.4 Å².